The summed E-state index contributed by atoms with van der Waals surface area (Å²) in [4.78, 5) is 12.1. The van der Waals surface area contributed by atoms with E-state index in [0.717, 1.165) is 12.8 Å². The molecule has 3 N–H and O–H groups in total. The Bertz CT molecular complexity index is 430. The van der Waals surface area contributed by atoms with Gasteiger partial charge in [0.05, 0.1) is 18.9 Å². The lowest BCUT2D eigenvalue weighted by Crippen LogP contribution is -2.27. The number of anilines is 1. The third kappa shape index (κ3) is 6.18. The molecule has 0 aliphatic heterocycles. The van der Waals surface area contributed by atoms with Gasteiger partial charge < -0.3 is 25.1 Å². The van der Waals surface area contributed by atoms with Crippen LogP contribution >= 0.6 is 0 Å². The first-order chi connectivity index (χ1) is 10.1. The van der Waals surface area contributed by atoms with Crippen LogP contribution in [0.25, 0.3) is 0 Å². The maximum atomic E-state index is 12.1. The van der Waals surface area contributed by atoms with Crippen molar-refractivity contribution in [1.82, 2.24) is 9.88 Å². The standard InChI is InChI=1S/C15H27N3O3/c1-12(2)18-11-13(16)10-14(18)15(19)17-6-4-5-7-21-9-8-20-3/h10-12H,4-9,16H2,1-3H3,(H,17,19). The van der Waals surface area contributed by atoms with Crippen LogP contribution in [0.4, 0.5) is 5.69 Å². The number of rotatable bonds is 10. The van der Waals surface area contributed by atoms with Gasteiger partial charge in [-0.2, -0.15) is 0 Å². The van der Waals surface area contributed by atoms with Gasteiger partial charge in [0.1, 0.15) is 5.69 Å². The second kappa shape index (κ2) is 9.41. The molecule has 0 saturated carbocycles. The molecule has 0 saturated heterocycles. The van der Waals surface area contributed by atoms with Crippen LogP contribution in [0.3, 0.4) is 0 Å². The monoisotopic (exact) mass is 297 g/mol. The molecular weight excluding hydrogens is 270 g/mol. The highest BCUT2D eigenvalue weighted by Crippen LogP contribution is 2.16. The SMILES string of the molecule is COCCOCCCCNC(=O)c1cc(N)cn1C(C)C. The maximum Gasteiger partial charge on any atom is 0.267 e. The number of hydrogen-bond acceptors (Lipinski definition) is 4. The molecule has 1 aromatic heterocycles. The summed E-state index contributed by atoms with van der Waals surface area (Å²) in [6.07, 6.45) is 3.59. The van der Waals surface area contributed by atoms with E-state index in [2.05, 4.69) is 5.32 Å². The molecule has 6 heteroatoms. The molecule has 0 spiro atoms. The summed E-state index contributed by atoms with van der Waals surface area (Å²) in [5.41, 5.74) is 6.98. The van der Waals surface area contributed by atoms with Gasteiger partial charge >= 0.3 is 0 Å². The number of carbonyl (C=O) groups excluding carboxylic acids is 1. The van der Waals surface area contributed by atoms with Gasteiger partial charge in [0, 0.05) is 32.5 Å². The number of unbranched alkanes of at least 4 members (excludes halogenated alkanes) is 1. The predicted octanol–water partition coefficient (Wildman–Crippen LogP) is 1.82. The minimum Gasteiger partial charge on any atom is -0.397 e. The molecule has 0 radical (unpaired) electrons. The van der Waals surface area contributed by atoms with E-state index in [9.17, 15) is 4.79 Å². The van der Waals surface area contributed by atoms with Crippen molar-refractivity contribution in [3.8, 4) is 0 Å². The summed E-state index contributed by atoms with van der Waals surface area (Å²) < 4.78 is 12.1. The third-order valence-corrected chi connectivity index (χ3v) is 3.09. The van der Waals surface area contributed by atoms with Crippen LogP contribution in [0.2, 0.25) is 0 Å². The summed E-state index contributed by atoms with van der Waals surface area (Å²) in [5.74, 6) is -0.0827. The van der Waals surface area contributed by atoms with Gasteiger partial charge in [0.2, 0.25) is 0 Å². The second-order valence-electron chi connectivity index (χ2n) is 5.23. The molecule has 0 bridgehead atoms. The first kappa shape index (κ1) is 17.5. The Labute approximate surface area is 126 Å². The predicted molar refractivity (Wildman–Crippen MR) is 83.5 cm³/mol. The minimum atomic E-state index is -0.0827. The average Bonchev–Trinajstić information content (AvgIpc) is 2.84. The molecule has 1 heterocycles. The number of amides is 1. The minimum absolute atomic E-state index is 0.0827. The van der Waals surface area contributed by atoms with E-state index < -0.39 is 0 Å². The first-order valence-electron chi connectivity index (χ1n) is 7.38. The van der Waals surface area contributed by atoms with E-state index >= 15 is 0 Å². The Kier molecular flexibility index (Phi) is 7.85. The lowest BCUT2D eigenvalue weighted by molar-refractivity contribution is 0.0686. The zero-order valence-electron chi connectivity index (χ0n) is 13.2. The third-order valence-electron chi connectivity index (χ3n) is 3.09. The molecule has 1 aromatic rings. The smallest absolute Gasteiger partial charge is 0.267 e. The van der Waals surface area contributed by atoms with Gasteiger partial charge in [-0.15, -0.1) is 0 Å². The molecular formula is C15H27N3O3. The molecule has 0 aliphatic rings. The molecule has 0 aromatic carbocycles. The summed E-state index contributed by atoms with van der Waals surface area (Å²) in [6.45, 7) is 6.60. The highest BCUT2D eigenvalue weighted by molar-refractivity contribution is 5.93. The summed E-state index contributed by atoms with van der Waals surface area (Å²) in [7, 11) is 1.65. The lowest BCUT2D eigenvalue weighted by atomic mass is 10.3. The number of carbonyl (C=O) groups is 1. The van der Waals surface area contributed by atoms with Gasteiger partial charge in [-0.05, 0) is 32.8 Å². The van der Waals surface area contributed by atoms with Crippen LogP contribution in [0.1, 0.15) is 43.2 Å². The fourth-order valence-corrected chi connectivity index (χ4v) is 1.98. The Morgan fingerprint density at radius 3 is 2.76 bits per heavy atom. The Morgan fingerprint density at radius 1 is 1.33 bits per heavy atom. The van der Waals surface area contributed by atoms with Crippen LogP contribution in [-0.2, 0) is 9.47 Å². The molecule has 120 valence electrons. The molecule has 0 atom stereocenters. The van der Waals surface area contributed by atoms with Gasteiger partial charge in [-0.3, -0.25) is 4.79 Å². The van der Waals surface area contributed by atoms with Crippen LogP contribution in [-0.4, -0.2) is 43.9 Å². The number of nitrogens with one attached hydrogen (secondary N) is 1. The van der Waals surface area contributed by atoms with Gasteiger partial charge in [-0.1, -0.05) is 0 Å². The van der Waals surface area contributed by atoms with Crippen molar-refractivity contribution in [2.24, 2.45) is 0 Å². The topological polar surface area (TPSA) is 78.5 Å². The first-order valence-corrected chi connectivity index (χ1v) is 7.38. The highest BCUT2D eigenvalue weighted by atomic mass is 16.5. The number of nitrogens with zero attached hydrogens (tertiary/aromatic N) is 1. The van der Waals surface area contributed by atoms with E-state index in [1.807, 2.05) is 18.4 Å². The Balaban J connectivity index is 2.25. The summed E-state index contributed by atoms with van der Waals surface area (Å²) in [5, 5.41) is 2.91. The fourth-order valence-electron chi connectivity index (χ4n) is 1.98. The normalized spacial score (nSPS) is 11.0. The van der Waals surface area contributed by atoms with Crippen LogP contribution in [0.15, 0.2) is 12.3 Å². The van der Waals surface area contributed by atoms with Crippen LogP contribution in [0.5, 0.6) is 0 Å². The molecule has 21 heavy (non-hydrogen) atoms. The highest BCUT2D eigenvalue weighted by Gasteiger charge is 2.14. The number of ether oxygens (including phenoxy) is 2. The van der Waals surface area contributed by atoms with Crippen molar-refractivity contribution in [2.45, 2.75) is 32.7 Å². The molecule has 1 rings (SSSR count). The van der Waals surface area contributed by atoms with Crippen molar-refractivity contribution >= 4 is 11.6 Å². The van der Waals surface area contributed by atoms with Crippen molar-refractivity contribution < 1.29 is 14.3 Å². The zero-order chi connectivity index (χ0) is 15.7. The quantitative estimate of drug-likeness (QED) is 0.646. The molecule has 1 amide bonds. The number of aromatic nitrogens is 1. The van der Waals surface area contributed by atoms with Crippen molar-refractivity contribution in [2.75, 3.05) is 39.2 Å². The zero-order valence-corrected chi connectivity index (χ0v) is 13.2. The maximum absolute atomic E-state index is 12.1. The van der Waals surface area contributed by atoms with Crippen molar-refractivity contribution in [3.05, 3.63) is 18.0 Å². The van der Waals surface area contributed by atoms with Gasteiger partial charge in [-0.25, -0.2) is 0 Å². The molecule has 0 unspecified atom stereocenters. The van der Waals surface area contributed by atoms with Gasteiger partial charge in [0.15, 0.2) is 0 Å². The van der Waals surface area contributed by atoms with Crippen molar-refractivity contribution in [1.29, 1.82) is 0 Å². The van der Waals surface area contributed by atoms with Gasteiger partial charge in [0.25, 0.3) is 5.91 Å². The van der Waals surface area contributed by atoms with E-state index in [1.54, 1.807) is 19.4 Å². The van der Waals surface area contributed by atoms with E-state index in [4.69, 9.17) is 15.2 Å². The fraction of sp³-hybridized carbons (Fsp3) is 0.667. The lowest BCUT2D eigenvalue weighted by Gasteiger charge is -2.12. The molecule has 6 nitrogen and oxygen atoms in total. The van der Waals surface area contributed by atoms with E-state index in [-0.39, 0.29) is 11.9 Å². The van der Waals surface area contributed by atoms with E-state index in [0.29, 0.717) is 37.7 Å². The number of nitrogen functional groups attached to an aromatic ring is 1. The second-order valence-corrected chi connectivity index (χ2v) is 5.23. The number of nitrogens with two attached hydrogens (primary N) is 1. The average molecular weight is 297 g/mol. The Morgan fingerprint density at radius 2 is 2.10 bits per heavy atom. The molecule has 0 aliphatic carbocycles. The number of hydrogen-bond donors (Lipinski definition) is 2. The number of methoxy groups -OCH3 is 1. The molecule has 0 fully saturated rings. The summed E-state index contributed by atoms with van der Waals surface area (Å²) >= 11 is 0. The van der Waals surface area contributed by atoms with E-state index in [1.165, 1.54) is 0 Å². The summed E-state index contributed by atoms with van der Waals surface area (Å²) in [6, 6.07) is 1.92. The van der Waals surface area contributed by atoms with Crippen LogP contribution in [0, 0.1) is 0 Å². The largest absolute Gasteiger partial charge is 0.397 e. The van der Waals surface area contributed by atoms with Crippen molar-refractivity contribution in [3.63, 3.8) is 0 Å². The van der Waals surface area contributed by atoms with Crippen LogP contribution < -0.4 is 11.1 Å². The Hall–Kier alpha value is -1.53.